The molecule has 0 atom stereocenters. The molecule has 25 heavy (non-hydrogen) atoms. The molecule has 0 fully saturated rings. The molecule has 0 saturated heterocycles. The predicted octanol–water partition coefficient (Wildman–Crippen LogP) is 5.01. The fourth-order valence-corrected chi connectivity index (χ4v) is 2.44. The number of amides is 1. The molecule has 5 heteroatoms. The van der Waals surface area contributed by atoms with Crippen molar-refractivity contribution in [2.45, 2.75) is 46.1 Å². The molecule has 0 saturated carbocycles. The van der Waals surface area contributed by atoms with Crippen molar-refractivity contribution in [2.75, 3.05) is 0 Å². The number of allylic oxidation sites excluding steroid dienone is 1. The van der Waals surface area contributed by atoms with Crippen molar-refractivity contribution in [2.24, 2.45) is 5.92 Å². The Morgan fingerprint density at radius 1 is 1.28 bits per heavy atom. The molecular formula is C20H24F2N2O. The van der Waals surface area contributed by atoms with Crippen molar-refractivity contribution >= 4 is 16.8 Å². The van der Waals surface area contributed by atoms with E-state index in [-0.39, 0.29) is 11.4 Å². The zero-order valence-corrected chi connectivity index (χ0v) is 15.1. The van der Waals surface area contributed by atoms with E-state index in [1.165, 1.54) is 18.3 Å². The van der Waals surface area contributed by atoms with Gasteiger partial charge in [0.2, 0.25) is 0 Å². The van der Waals surface area contributed by atoms with Crippen molar-refractivity contribution in [3.8, 4) is 0 Å². The molecule has 0 spiro atoms. The normalized spacial score (nSPS) is 12.3. The van der Waals surface area contributed by atoms with Gasteiger partial charge in [-0.1, -0.05) is 26.0 Å². The molecule has 0 radical (unpaired) electrons. The van der Waals surface area contributed by atoms with Crippen LogP contribution < -0.4 is 5.32 Å². The van der Waals surface area contributed by atoms with Gasteiger partial charge in [-0.05, 0) is 50.8 Å². The lowest BCUT2D eigenvalue weighted by Gasteiger charge is -2.25. The molecule has 0 aliphatic carbocycles. The second kappa shape index (κ2) is 7.72. The number of hydrogen-bond donors (Lipinski definition) is 1. The average Bonchev–Trinajstić information content (AvgIpc) is 2.54. The number of aromatic nitrogens is 1. The third-order valence-electron chi connectivity index (χ3n) is 3.86. The minimum absolute atomic E-state index is 0.0765. The van der Waals surface area contributed by atoms with E-state index >= 15 is 0 Å². The monoisotopic (exact) mass is 346 g/mol. The van der Waals surface area contributed by atoms with Crippen LogP contribution in [0.1, 0.15) is 50.9 Å². The summed E-state index contributed by atoms with van der Waals surface area (Å²) in [6.45, 7) is 8.18. The van der Waals surface area contributed by atoms with Gasteiger partial charge in [-0.3, -0.25) is 9.78 Å². The lowest BCUT2D eigenvalue weighted by molar-refractivity contribution is 0.0913. The highest BCUT2D eigenvalue weighted by atomic mass is 19.2. The molecule has 1 N–H and O–H groups in total. The summed E-state index contributed by atoms with van der Waals surface area (Å²) in [6.07, 6.45) is 7.16. The van der Waals surface area contributed by atoms with Crippen molar-refractivity contribution in [3.05, 3.63) is 53.7 Å². The lowest BCUT2D eigenvalue weighted by atomic mass is 9.98. The number of rotatable bonds is 6. The molecule has 1 heterocycles. The summed E-state index contributed by atoms with van der Waals surface area (Å²) in [5.74, 6) is -1.64. The van der Waals surface area contributed by atoms with Gasteiger partial charge in [-0.15, -0.1) is 0 Å². The van der Waals surface area contributed by atoms with Crippen LogP contribution in [0.5, 0.6) is 0 Å². The number of benzene rings is 1. The maximum absolute atomic E-state index is 13.7. The number of nitrogens with zero attached hydrogens (tertiary/aromatic N) is 1. The zero-order valence-electron chi connectivity index (χ0n) is 15.1. The molecule has 3 nitrogen and oxygen atoms in total. The molecule has 0 aliphatic heterocycles. The van der Waals surface area contributed by atoms with E-state index < -0.39 is 17.2 Å². The lowest BCUT2D eigenvalue weighted by Crippen LogP contribution is -2.43. The first-order valence-corrected chi connectivity index (χ1v) is 8.41. The van der Waals surface area contributed by atoms with Crippen LogP contribution in [0.15, 0.2) is 36.5 Å². The van der Waals surface area contributed by atoms with Gasteiger partial charge in [0.25, 0.3) is 5.91 Å². The Morgan fingerprint density at radius 2 is 2.00 bits per heavy atom. The van der Waals surface area contributed by atoms with Crippen molar-refractivity contribution in [1.29, 1.82) is 0 Å². The Balaban J connectivity index is 2.11. The van der Waals surface area contributed by atoms with Gasteiger partial charge < -0.3 is 5.32 Å². The molecule has 0 unspecified atom stereocenters. The van der Waals surface area contributed by atoms with E-state index in [0.29, 0.717) is 23.3 Å². The molecule has 0 aliphatic rings. The number of hydrogen-bond acceptors (Lipinski definition) is 2. The van der Waals surface area contributed by atoms with Crippen LogP contribution in [0.2, 0.25) is 0 Å². The van der Waals surface area contributed by atoms with Crippen molar-refractivity contribution in [3.63, 3.8) is 0 Å². The van der Waals surface area contributed by atoms with Crippen LogP contribution in [0, 0.1) is 17.6 Å². The van der Waals surface area contributed by atoms with Gasteiger partial charge >= 0.3 is 0 Å². The summed E-state index contributed by atoms with van der Waals surface area (Å²) in [5.41, 5.74) is -0.182. The zero-order chi connectivity index (χ0) is 18.6. The van der Waals surface area contributed by atoms with E-state index in [1.807, 2.05) is 13.8 Å². The van der Waals surface area contributed by atoms with Gasteiger partial charge in [0.15, 0.2) is 11.6 Å². The summed E-state index contributed by atoms with van der Waals surface area (Å²) >= 11 is 0. The standard InChI is InChI=1S/C20H24F2N2O/c1-13(2)7-5-6-10-20(3,4)24-19(25)15-11-14-8-9-16(21)17(22)18(14)23-12-15/h5-6,8-9,11-13H,7,10H2,1-4H3,(H,24,25). The molecule has 1 aromatic carbocycles. The SMILES string of the molecule is CC(C)CC=CCC(C)(C)NC(=O)c1cnc2c(F)c(F)ccc2c1. The summed E-state index contributed by atoms with van der Waals surface area (Å²) in [6, 6.07) is 3.96. The first-order valence-electron chi connectivity index (χ1n) is 8.41. The van der Waals surface area contributed by atoms with Crippen LogP contribution in [-0.4, -0.2) is 16.4 Å². The molecule has 1 amide bonds. The number of carbonyl (C=O) groups excluding carboxylic acids is 1. The highest BCUT2D eigenvalue weighted by Crippen LogP contribution is 2.20. The minimum atomic E-state index is -1.000. The smallest absolute Gasteiger partial charge is 0.253 e. The fourth-order valence-electron chi connectivity index (χ4n) is 2.44. The molecular weight excluding hydrogens is 322 g/mol. The Kier molecular flexibility index (Phi) is 5.88. The number of halogens is 2. The van der Waals surface area contributed by atoms with Gasteiger partial charge in [-0.25, -0.2) is 8.78 Å². The largest absolute Gasteiger partial charge is 0.347 e. The number of carbonyl (C=O) groups is 1. The van der Waals surface area contributed by atoms with E-state index in [4.69, 9.17) is 0 Å². The summed E-state index contributed by atoms with van der Waals surface area (Å²) in [7, 11) is 0. The van der Waals surface area contributed by atoms with Crippen molar-refractivity contribution < 1.29 is 13.6 Å². The second-order valence-electron chi connectivity index (χ2n) is 7.30. The van der Waals surface area contributed by atoms with E-state index in [2.05, 4.69) is 36.3 Å². The van der Waals surface area contributed by atoms with E-state index in [1.54, 1.807) is 0 Å². The third-order valence-corrected chi connectivity index (χ3v) is 3.86. The third kappa shape index (κ3) is 5.08. The summed E-state index contributed by atoms with van der Waals surface area (Å²) < 4.78 is 26.9. The Bertz CT molecular complexity index is 798. The fraction of sp³-hybridized carbons (Fsp3) is 0.400. The van der Waals surface area contributed by atoms with Crippen LogP contribution in [0.4, 0.5) is 8.78 Å². The Labute approximate surface area is 147 Å². The molecule has 134 valence electrons. The number of fused-ring (bicyclic) bond motifs is 1. The maximum atomic E-state index is 13.7. The Morgan fingerprint density at radius 3 is 2.68 bits per heavy atom. The van der Waals surface area contributed by atoms with Gasteiger partial charge in [0, 0.05) is 17.1 Å². The van der Waals surface area contributed by atoms with Gasteiger partial charge in [0.05, 0.1) is 5.56 Å². The quantitative estimate of drug-likeness (QED) is 0.747. The summed E-state index contributed by atoms with van der Waals surface area (Å²) in [4.78, 5) is 16.4. The van der Waals surface area contributed by atoms with Crippen LogP contribution in [-0.2, 0) is 0 Å². The minimum Gasteiger partial charge on any atom is -0.347 e. The van der Waals surface area contributed by atoms with Crippen molar-refractivity contribution in [1.82, 2.24) is 10.3 Å². The molecule has 1 aromatic heterocycles. The maximum Gasteiger partial charge on any atom is 0.253 e. The molecule has 0 bridgehead atoms. The molecule has 2 aromatic rings. The first-order chi connectivity index (χ1) is 11.7. The van der Waals surface area contributed by atoms with Crippen LogP contribution in [0.3, 0.4) is 0 Å². The van der Waals surface area contributed by atoms with Crippen LogP contribution in [0.25, 0.3) is 10.9 Å². The average molecular weight is 346 g/mol. The number of pyridine rings is 1. The Hall–Kier alpha value is -2.30. The van der Waals surface area contributed by atoms with E-state index in [0.717, 1.165) is 12.5 Å². The van der Waals surface area contributed by atoms with Crippen LogP contribution >= 0.6 is 0 Å². The number of nitrogens with one attached hydrogen (secondary N) is 1. The van der Waals surface area contributed by atoms with E-state index in [9.17, 15) is 13.6 Å². The first kappa shape index (κ1) is 19.0. The summed E-state index contributed by atoms with van der Waals surface area (Å²) in [5, 5.41) is 3.34. The highest BCUT2D eigenvalue weighted by molar-refractivity contribution is 5.97. The van der Waals surface area contributed by atoms with Gasteiger partial charge in [0.1, 0.15) is 5.52 Å². The topological polar surface area (TPSA) is 42.0 Å². The highest BCUT2D eigenvalue weighted by Gasteiger charge is 2.20. The second-order valence-corrected chi connectivity index (χ2v) is 7.30. The molecule has 2 rings (SSSR count). The van der Waals surface area contributed by atoms with Gasteiger partial charge in [-0.2, -0.15) is 0 Å². The predicted molar refractivity (Wildman–Crippen MR) is 96.4 cm³/mol.